The van der Waals surface area contributed by atoms with Crippen molar-refractivity contribution in [3.63, 3.8) is 0 Å². The van der Waals surface area contributed by atoms with Crippen LogP contribution in [0.25, 0.3) is 0 Å². The molecule has 0 saturated heterocycles. The molecule has 0 heterocycles. The number of benzene rings is 1. The lowest BCUT2D eigenvalue weighted by molar-refractivity contribution is -0.129. The van der Waals surface area contributed by atoms with Crippen molar-refractivity contribution < 1.29 is 14.7 Å². The van der Waals surface area contributed by atoms with E-state index in [1.54, 1.807) is 12.1 Å². The summed E-state index contributed by atoms with van der Waals surface area (Å²) in [6, 6.07) is 5.54. The molecule has 0 radical (unpaired) electrons. The Bertz CT molecular complexity index is 466. The maximum atomic E-state index is 11.6. The van der Waals surface area contributed by atoms with Crippen LogP contribution in [0.2, 0.25) is 0 Å². The number of rotatable bonds is 4. The van der Waals surface area contributed by atoms with Crippen LogP contribution in [0, 0.1) is 0 Å². The minimum atomic E-state index is -0.821. The molecular formula is C13H16N2O3. The fourth-order valence-electron chi connectivity index (χ4n) is 1.29. The van der Waals surface area contributed by atoms with Crippen LogP contribution < -0.4 is 11.1 Å². The molecule has 5 heteroatoms. The third kappa shape index (κ3) is 4.03. The van der Waals surface area contributed by atoms with E-state index in [9.17, 15) is 9.59 Å². The number of amides is 2. The topological polar surface area (TPSA) is 92.4 Å². The van der Waals surface area contributed by atoms with Gasteiger partial charge in [0.05, 0.1) is 6.04 Å². The van der Waals surface area contributed by atoms with Gasteiger partial charge in [0.25, 0.3) is 5.91 Å². The Labute approximate surface area is 105 Å². The standard InChI is InChI=1S/C13H16N2O3/c1-8(2)12(17)15-13(18)11(14)7-9-3-5-10(16)6-4-9/h3-6,11,16H,1,7,14H2,2H3,(H,15,17,18). The molecule has 0 bridgehead atoms. The Morgan fingerprint density at radius 1 is 1.39 bits per heavy atom. The zero-order valence-electron chi connectivity index (χ0n) is 10.1. The smallest absolute Gasteiger partial charge is 0.252 e. The Hall–Kier alpha value is -2.14. The predicted molar refractivity (Wildman–Crippen MR) is 67.7 cm³/mol. The van der Waals surface area contributed by atoms with Crippen LogP contribution in [-0.2, 0) is 16.0 Å². The number of hydrogen-bond donors (Lipinski definition) is 3. The molecule has 1 atom stereocenters. The molecule has 1 aromatic rings. The molecule has 1 rings (SSSR count). The second kappa shape index (κ2) is 5.97. The van der Waals surface area contributed by atoms with Gasteiger partial charge in [-0.15, -0.1) is 0 Å². The second-order valence-corrected chi connectivity index (χ2v) is 4.08. The fraction of sp³-hybridized carbons (Fsp3) is 0.231. The summed E-state index contributed by atoms with van der Waals surface area (Å²) in [6.07, 6.45) is 0.287. The summed E-state index contributed by atoms with van der Waals surface area (Å²) in [5, 5.41) is 11.3. The van der Waals surface area contributed by atoms with Crippen molar-refractivity contribution in [1.82, 2.24) is 5.32 Å². The first-order valence-electron chi connectivity index (χ1n) is 5.44. The van der Waals surface area contributed by atoms with Crippen LogP contribution in [0.5, 0.6) is 5.75 Å². The first kappa shape index (κ1) is 13.9. The minimum Gasteiger partial charge on any atom is -0.508 e. The lowest BCUT2D eigenvalue weighted by Gasteiger charge is -2.11. The predicted octanol–water partition coefficient (Wildman–Crippen LogP) is 0.481. The molecule has 1 unspecified atom stereocenters. The van der Waals surface area contributed by atoms with Crippen molar-refractivity contribution in [1.29, 1.82) is 0 Å². The molecule has 0 spiro atoms. The number of aromatic hydroxyl groups is 1. The van der Waals surface area contributed by atoms with Crippen LogP contribution in [0.4, 0.5) is 0 Å². The van der Waals surface area contributed by atoms with E-state index in [0.717, 1.165) is 5.56 Å². The van der Waals surface area contributed by atoms with Gasteiger partial charge in [0.15, 0.2) is 0 Å². The highest BCUT2D eigenvalue weighted by molar-refractivity contribution is 6.05. The Morgan fingerprint density at radius 3 is 2.44 bits per heavy atom. The summed E-state index contributed by atoms with van der Waals surface area (Å²) < 4.78 is 0. The van der Waals surface area contributed by atoms with E-state index >= 15 is 0 Å². The number of imide groups is 1. The van der Waals surface area contributed by atoms with E-state index < -0.39 is 17.9 Å². The Morgan fingerprint density at radius 2 is 1.94 bits per heavy atom. The van der Waals surface area contributed by atoms with Gasteiger partial charge < -0.3 is 10.8 Å². The third-order valence-electron chi connectivity index (χ3n) is 2.35. The highest BCUT2D eigenvalue weighted by Crippen LogP contribution is 2.10. The summed E-state index contributed by atoms with van der Waals surface area (Å²) in [7, 11) is 0. The number of hydrogen-bond acceptors (Lipinski definition) is 4. The number of nitrogens with one attached hydrogen (secondary N) is 1. The van der Waals surface area contributed by atoms with Gasteiger partial charge in [0, 0.05) is 5.57 Å². The summed E-state index contributed by atoms with van der Waals surface area (Å²) in [5.41, 5.74) is 6.73. The normalized spacial score (nSPS) is 11.7. The van der Waals surface area contributed by atoms with Gasteiger partial charge in [0.1, 0.15) is 5.75 Å². The van der Waals surface area contributed by atoms with Crippen molar-refractivity contribution in [2.45, 2.75) is 19.4 Å². The number of carbonyl (C=O) groups excluding carboxylic acids is 2. The summed E-state index contributed by atoms with van der Waals surface area (Å²) in [6.45, 7) is 4.94. The van der Waals surface area contributed by atoms with Crippen LogP contribution in [0.15, 0.2) is 36.4 Å². The van der Waals surface area contributed by atoms with Crippen LogP contribution in [-0.4, -0.2) is 23.0 Å². The molecule has 0 aliphatic carbocycles. The zero-order valence-corrected chi connectivity index (χ0v) is 10.1. The van der Waals surface area contributed by atoms with E-state index in [1.165, 1.54) is 19.1 Å². The number of phenolic OH excluding ortho intramolecular Hbond substituents is 1. The second-order valence-electron chi connectivity index (χ2n) is 4.08. The van der Waals surface area contributed by atoms with E-state index in [4.69, 9.17) is 10.8 Å². The highest BCUT2D eigenvalue weighted by atomic mass is 16.3. The van der Waals surface area contributed by atoms with Crippen molar-refractivity contribution in [2.75, 3.05) is 0 Å². The quantitative estimate of drug-likeness (QED) is 0.676. The molecule has 18 heavy (non-hydrogen) atoms. The highest BCUT2D eigenvalue weighted by Gasteiger charge is 2.16. The Kier molecular flexibility index (Phi) is 4.62. The van der Waals surface area contributed by atoms with Gasteiger partial charge in [-0.1, -0.05) is 18.7 Å². The van der Waals surface area contributed by atoms with Crippen molar-refractivity contribution in [3.8, 4) is 5.75 Å². The van der Waals surface area contributed by atoms with E-state index in [1.807, 2.05) is 0 Å². The average molecular weight is 248 g/mol. The summed E-state index contributed by atoms with van der Waals surface area (Å²) in [5.74, 6) is -0.925. The lowest BCUT2D eigenvalue weighted by atomic mass is 10.1. The van der Waals surface area contributed by atoms with Gasteiger partial charge in [0.2, 0.25) is 5.91 Å². The number of carbonyl (C=O) groups is 2. The molecule has 96 valence electrons. The fourth-order valence-corrected chi connectivity index (χ4v) is 1.29. The molecule has 4 N–H and O–H groups in total. The van der Waals surface area contributed by atoms with Gasteiger partial charge in [-0.2, -0.15) is 0 Å². The maximum Gasteiger partial charge on any atom is 0.252 e. The van der Waals surface area contributed by atoms with Gasteiger partial charge in [-0.3, -0.25) is 14.9 Å². The van der Waals surface area contributed by atoms with Crippen molar-refractivity contribution >= 4 is 11.8 Å². The molecule has 0 aromatic heterocycles. The van der Waals surface area contributed by atoms with Crippen molar-refractivity contribution in [3.05, 3.63) is 42.0 Å². The molecule has 5 nitrogen and oxygen atoms in total. The first-order valence-corrected chi connectivity index (χ1v) is 5.44. The Balaban J connectivity index is 2.57. The maximum absolute atomic E-state index is 11.6. The third-order valence-corrected chi connectivity index (χ3v) is 2.35. The summed E-state index contributed by atoms with van der Waals surface area (Å²) >= 11 is 0. The SMILES string of the molecule is C=C(C)C(=O)NC(=O)C(N)Cc1ccc(O)cc1. The lowest BCUT2D eigenvalue weighted by Crippen LogP contribution is -2.44. The minimum absolute atomic E-state index is 0.147. The van der Waals surface area contributed by atoms with Gasteiger partial charge in [-0.25, -0.2) is 0 Å². The summed E-state index contributed by atoms with van der Waals surface area (Å²) in [4.78, 5) is 22.8. The van der Waals surface area contributed by atoms with Crippen LogP contribution in [0.1, 0.15) is 12.5 Å². The van der Waals surface area contributed by atoms with E-state index in [2.05, 4.69) is 11.9 Å². The largest absolute Gasteiger partial charge is 0.508 e. The number of nitrogens with two attached hydrogens (primary N) is 1. The molecule has 1 aromatic carbocycles. The molecule has 2 amide bonds. The average Bonchev–Trinajstić information content (AvgIpc) is 2.31. The van der Waals surface area contributed by atoms with Gasteiger partial charge in [-0.05, 0) is 31.0 Å². The van der Waals surface area contributed by atoms with Crippen molar-refractivity contribution in [2.24, 2.45) is 5.73 Å². The van der Waals surface area contributed by atoms with Crippen LogP contribution >= 0.6 is 0 Å². The first-order chi connectivity index (χ1) is 8.40. The van der Waals surface area contributed by atoms with Crippen LogP contribution in [0.3, 0.4) is 0 Å². The monoisotopic (exact) mass is 248 g/mol. The molecule has 0 saturated carbocycles. The van der Waals surface area contributed by atoms with Gasteiger partial charge >= 0.3 is 0 Å². The molecule has 0 aliphatic heterocycles. The zero-order chi connectivity index (χ0) is 13.7. The molecule has 0 fully saturated rings. The molecular weight excluding hydrogens is 232 g/mol. The van der Waals surface area contributed by atoms with E-state index in [-0.39, 0.29) is 17.7 Å². The molecule has 0 aliphatic rings. The van der Waals surface area contributed by atoms with E-state index in [0.29, 0.717) is 0 Å². The number of phenols is 1.